The Kier molecular flexibility index (Phi) is 5.98. The average molecular weight is 489 g/mol. The molecule has 0 spiro atoms. The van der Waals surface area contributed by atoms with Gasteiger partial charge in [0, 0.05) is 50.0 Å². The highest BCUT2D eigenvalue weighted by molar-refractivity contribution is 7.89. The van der Waals surface area contributed by atoms with Crippen molar-refractivity contribution in [1.29, 1.82) is 0 Å². The number of hydrogen-bond acceptors (Lipinski definition) is 8. The quantitative estimate of drug-likeness (QED) is 0.543. The van der Waals surface area contributed by atoms with Gasteiger partial charge in [0.2, 0.25) is 15.5 Å². The van der Waals surface area contributed by atoms with Crippen LogP contribution in [0.25, 0.3) is 16.2 Å². The second-order valence-corrected chi connectivity index (χ2v) is 11.6. The number of nitrogens with zero attached hydrogens (tertiary/aromatic N) is 6. The van der Waals surface area contributed by atoms with Gasteiger partial charge >= 0.3 is 0 Å². The third kappa shape index (κ3) is 4.07. The van der Waals surface area contributed by atoms with E-state index in [1.807, 2.05) is 11.4 Å². The highest BCUT2D eigenvalue weighted by Crippen LogP contribution is 2.27. The number of thiazole rings is 1. The van der Waals surface area contributed by atoms with Gasteiger partial charge in [-0.25, -0.2) is 18.4 Å². The van der Waals surface area contributed by atoms with Crippen molar-refractivity contribution in [1.82, 2.24) is 23.7 Å². The van der Waals surface area contributed by atoms with Crippen molar-refractivity contribution in [3.63, 3.8) is 0 Å². The summed E-state index contributed by atoms with van der Waals surface area (Å²) in [6.07, 6.45) is 6.74. The van der Waals surface area contributed by atoms with Crippen LogP contribution in [0.2, 0.25) is 0 Å². The molecule has 0 amide bonds. The molecule has 0 saturated carbocycles. The van der Waals surface area contributed by atoms with E-state index in [1.165, 1.54) is 21.8 Å². The lowest BCUT2D eigenvalue weighted by molar-refractivity contribution is 0.315. The Morgan fingerprint density at radius 1 is 1.12 bits per heavy atom. The van der Waals surface area contributed by atoms with Crippen LogP contribution in [-0.2, 0) is 10.0 Å². The van der Waals surface area contributed by atoms with E-state index in [4.69, 9.17) is 4.98 Å². The van der Waals surface area contributed by atoms with Crippen LogP contribution in [0.5, 0.6) is 0 Å². The van der Waals surface area contributed by atoms with Gasteiger partial charge in [-0.05, 0) is 45.5 Å². The molecule has 1 atom stereocenters. The first kappa shape index (κ1) is 22.5. The number of hydrogen-bond donors (Lipinski definition) is 0. The van der Waals surface area contributed by atoms with Gasteiger partial charge < -0.3 is 9.80 Å². The minimum Gasteiger partial charge on any atom is -0.355 e. The maximum absolute atomic E-state index is 13.4. The largest absolute Gasteiger partial charge is 0.355 e. The highest BCUT2D eigenvalue weighted by Gasteiger charge is 2.31. The summed E-state index contributed by atoms with van der Waals surface area (Å²) in [5.74, 6) is 0.781. The van der Waals surface area contributed by atoms with Crippen LogP contribution in [0.3, 0.4) is 0 Å². The standard InChI is InChI=1S/C22H28N6O3S2/c1-25(2)16-8-12-26(14-16)19-7-6-17-20(29)18(33(30,31)27-10-4-3-5-11-27)15-28(21(17)24-19)22-23-9-13-32-22/h6-7,9,13,15-16H,3-5,8,10-12,14H2,1-2H3. The molecule has 3 aromatic heterocycles. The maximum atomic E-state index is 13.4. The van der Waals surface area contributed by atoms with E-state index >= 15 is 0 Å². The van der Waals surface area contributed by atoms with Gasteiger partial charge in [0.25, 0.3) is 0 Å². The van der Waals surface area contributed by atoms with Crippen molar-refractivity contribution in [3.05, 3.63) is 40.1 Å². The van der Waals surface area contributed by atoms with E-state index in [2.05, 4.69) is 28.9 Å². The number of fused-ring (bicyclic) bond motifs is 1. The van der Waals surface area contributed by atoms with Crippen molar-refractivity contribution >= 4 is 38.2 Å². The molecule has 2 saturated heterocycles. The summed E-state index contributed by atoms with van der Waals surface area (Å²) in [6, 6.07) is 3.98. The predicted molar refractivity (Wildman–Crippen MR) is 130 cm³/mol. The Hall–Kier alpha value is -2.34. The SMILES string of the molecule is CN(C)C1CCN(c2ccc3c(=O)c(S(=O)(=O)N4CCCCC4)cn(-c4nccs4)c3n2)C1. The molecule has 176 valence electrons. The fourth-order valence-electron chi connectivity index (χ4n) is 4.63. The van der Waals surface area contributed by atoms with Crippen LogP contribution in [0.1, 0.15) is 25.7 Å². The summed E-state index contributed by atoms with van der Waals surface area (Å²) in [4.78, 5) is 26.8. The third-order valence-corrected chi connectivity index (χ3v) is 9.24. The summed E-state index contributed by atoms with van der Waals surface area (Å²) in [6.45, 7) is 2.62. The first-order valence-electron chi connectivity index (χ1n) is 11.2. The average Bonchev–Trinajstić information content (AvgIpc) is 3.52. The second-order valence-electron chi connectivity index (χ2n) is 8.86. The summed E-state index contributed by atoms with van der Waals surface area (Å²) >= 11 is 1.38. The lowest BCUT2D eigenvalue weighted by Gasteiger charge is -2.26. The van der Waals surface area contributed by atoms with E-state index in [0.29, 0.717) is 29.9 Å². The van der Waals surface area contributed by atoms with Crippen molar-refractivity contribution in [2.45, 2.75) is 36.6 Å². The van der Waals surface area contributed by atoms with E-state index in [9.17, 15) is 13.2 Å². The zero-order valence-corrected chi connectivity index (χ0v) is 20.5. The summed E-state index contributed by atoms with van der Waals surface area (Å²) in [7, 11) is 0.244. The van der Waals surface area contributed by atoms with Gasteiger partial charge in [0.05, 0.1) is 5.39 Å². The molecule has 2 fully saturated rings. The second kappa shape index (κ2) is 8.79. The van der Waals surface area contributed by atoms with Crippen molar-refractivity contribution in [2.75, 3.05) is 45.2 Å². The molecule has 11 heteroatoms. The van der Waals surface area contributed by atoms with Gasteiger partial charge in [0.15, 0.2) is 10.8 Å². The first-order chi connectivity index (χ1) is 15.9. The number of pyridine rings is 2. The van der Waals surface area contributed by atoms with Crippen LogP contribution in [0.4, 0.5) is 5.82 Å². The molecule has 0 N–H and O–H groups in total. The zero-order chi connectivity index (χ0) is 23.2. The summed E-state index contributed by atoms with van der Waals surface area (Å²) in [5, 5.41) is 2.69. The molecule has 0 radical (unpaired) electrons. The molecule has 2 aliphatic rings. The van der Waals surface area contributed by atoms with Crippen molar-refractivity contribution in [2.24, 2.45) is 0 Å². The molecule has 0 bridgehead atoms. The smallest absolute Gasteiger partial charge is 0.248 e. The van der Waals surface area contributed by atoms with E-state index in [-0.39, 0.29) is 10.3 Å². The fraction of sp³-hybridized carbons (Fsp3) is 0.500. The number of sulfonamides is 1. The minimum atomic E-state index is -3.91. The van der Waals surface area contributed by atoms with Gasteiger partial charge in [-0.1, -0.05) is 6.42 Å². The molecule has 5 heterocycles. The molecule has 1 unspecified atom stereocenters. The molecular weight excluding hydrogens is 460 g/mol. The molecule has 2 aliphatic heterocycles. The van der Waals surface area contributed by atoms with Crippen LogP contribution in [0.15, 0.2) is 39.6 Å². The molecule has 0 aromatic carbocycles. The summed E-state index contributed by atoms with van der Waals surface area (Å²) in [5.41, 5.74) is -0.0756. The molecule has 5 rings (SSSR count). The third-order valence-electron chi connectivity index (χ3n) is 6.58. The maximum Gasteiger partial charge on any atom is 0.248 e. The van der Waals surface area contributed by atoms with Gasteiger partial charge in [-0.2, -0.15) is 4.31 Å². The summed E-state index contributed by atoms with van der Waals surface area (Å²) < 4.78 is 29.9. The molecule has 0 aliphatic carbocycles. The van der Waals surface area contributed by atoms with Crippen LogP contribution < -0.4 is 10.3 Å². The Morgan fingerprint density at radius 2 is 1.91 bits per heavy atom. The van der Waals surface area contributed by atoms with E-state index in [0.717, 1.165) is 44.6 Å². The van der Waals surface area contributed by atoms with Crippen LogP contribution in [-0.4, -0.2) is 78.5 Å². The normalized spacial score (nSPS) is 20.2. The Morgan fingerprint density at radius 3 is 2.58 bits per heavy atom. The van der Waals surface area contributed by atoms with Crippen molar-refractivity contribution in [3.8, 4) is 5.13 Å². The number of aromatic nitrogens is 3. The molecule has 3 aromatic rings. The number of piperidine rings is 1. The molecule has 33 heavy (non-hydrogen) atoms. The lowest BCUT2D eigenvalue weighted by Crippen LogP contribution is -2.38. The highest BCUT2D eigenvalue weighted by atomic mass is 32.2. The number of rotatable bonds is 5. The molecular formula is C22H28N6O3S2. The monoisotopic (exact) mass is 488 g/mol. The fourth-order valence-corrected chi connectivity index (χ4v) is 6.84. The molecule has 9 nitrogen and oxygen atoms in total. The first-order valence-corrected chi connectivity index (χ1v) is 13.6. The zero-order valence-electron chi connectivity index (χ0n) is 18.8. The van der Waals surface area contributed by atoms with Gasteiger partial charge in [0.1, 0.15) is 10.7 Å². The lowest BCUT2D eigenvalue weighted by atomic mass is 10.2. The van der Waals surface area contributed by atoms with Gasteiger partial charge in [-0.3, -0.25) is 9.36 Å². The predicted octanol–water partition coefficient (Wildman–Crippen LogP) is 2.16. The van der Waals surface area contributed by atoms with Crippen molar-refractivity contribution < 1.29 is 8.42 Å². The van der Waals surface area contributed by atoms with E-state index < -0.39 is 15.5 Å². The van der Waals surface area contributed by atoms with Gasteiger partial charge in [-0.15, -0.1) is 11.3 Å². The topological polar surface area (TPSA) is 91.6 Å². The van der Waals surface area contributed by atoms with Crippen LogP contribution in [0, 0.1) is 0 Å². The minimum absolute atomic E-state index is 0.213. The Labute approximate surface area is 197 Å². The Balaban J connectivity index is 1.65. The van der Waals surface area contributed by atoms with E-state index in [1.54, 1.807) is 16.8 Å². The number of likely N-dealkylation sites (N-methyl/N-ethyl adjacent to an activating group) is 1. The Bertz CT molecular complexity index is 1310. The van der Waals surface area contributed by atoms with Crippen LogP contribution >= 0.6 is 11.3 Å². The number of anilines is 1.